The zero-order valence-electron chi connectivity index (χ0n) is 12.5. The maximum absolute atomic E-state index is 12.1. The summed E-state index contributed by atoms with van der Waals surface area (Å²) >= 11 is 0. The van der Waals surface area contributed by atoms with Gasteiger partial charge in [-0.3, -0.25) is 4.79 Å². The summed E-state index contributed by atoms with van der Waals surface area (Å²) in [7, 11) is 0. The lowest BCUT2D eigenvalue weighted by Crippen LogP contribution is -2.26. The van der Waals surface area contributed by atoms with Gasteiger partial charge in [-0.2, -0.15) is 0 Å². The van der Waals surface area contributed by atoms with E-state index in [9.17, 15) is 4.79 Å². The van der Waals surface area contributed by atoms with Crippen LogP contribution in [0, 0.1) is 6.92 Å². The van der Waals surface area contributed by atoms with Crippen molar-refractivity contribution in [2.75, 3.05) is 18.4 Å². The quantitative estimate of drug-likeness (QED) is 0.857. The summed E-state index contributed by atoms with van der Waals surface area (Å²) in [5.41, 5.74) is 3.15. The van der Waals surface area contributed by atoms with Crippen LogP contribution in [0.1, 0.15) is 28.4 Å². The molecule has 0 atom stereocenters. The van der Waals surface area contributed by atoms with E-state index >= 15 is 0 Å². The first-order valence-electron chi connectivity index (χ1n) is 7.23. The molecule has 2 N–H and O–H groups in total. The molecule has 0 radical (unpaired) electrons. The van der Waals surface area contributed by atoms with E-state index in [1.165, 1.54) is 11.1 Å². The van der Waals surface area contributed by atoms with Gasteiger partial charge in [0.1, 0.15) is 5.82 Å². The zero-order valence-corrected chi connectivity index (χ0v) is 12.5. The molecule has 1 heterocycles. The molecule has 0 fully saturated rings. The second-order valence-electron chi connectivity index (χ2n) is 4.89. The molecular formula is C17H21N3O. The molecule has 0 unspecified atom stereocenters. The molecular weight excluding hydrogens is 262 g/mol. The smallest absolute Gasteiger partial charge is 0.251 e. The van der Waals surface area contributed by atoms with Crippen molar-refractivity contribution < 1.29 is 4.79 Å². The van der Waals surface area contributed by atoms with Gasteiger partial charge in [0.25, 0.3) is 5.91 Å². The van der Waals surface area contributed by atoms with Crippen LogP contribution >= 0.6 is 0 Å². The van der Waals surface area contributed by atoms with Gasteiger partial charge in [-0.1, -0.05) is 24.3 Å². The van der Waals surface area contributed by atoms with Crippen LogP contribution in [0.2, 0.25) is 0 Å². The summed E-state index contributed by atoms with van der Waals surface area (Å²) in [6, 6.07) is 11.7. The lowest BCUT2D eigenvalue weighted by Gasteiger charge is -2.08. The predicted octanol–water partition coefficient (Wildman–Crippen LogP) is 2.79. The van der Waals surface area contributed by atoms with Crippen molar-refractivity contribution in [3.63, 3.8) is 0 Å². The summed E-state index contributed by atoms with van der Waals surface area (Å²) in [5.74, 6) is 0.661. The fourth-order valence-corrected chi connectivity index (χ4v) is 2.15. The molecule has 4 nitrogen and oxygen atoms in total. The SMILES string of the molecule is CCNc1cc(C(=O)NCCc2ccccc2C)ccn1. The second kappa shape index (κ2) is 7.43. The van der Waals surface area contributed by atoms with Crippen molar-refractivity contribution >= 4 is 11.7 Å². The number of aromatic nitrogens is 1. The lowest BCUT2D eigenvalue weighted by molar-refractivity contribution is 0.0954. The van der Waals surface area contributed by atoms with Gasteiger partial charge in [-0.05, 0) is 43.5 Å². The van der Waals surface area contributed by atoms with Crippen molar-refractivity contribution in [3.8, 4) is 0 Å². The topological polar surface area (TPSA) is 54.0 Å². The Morgan fingerprint density at radius 2 is 2.05 bits per heavy atom. The number of rotatable bonds is 6. The molecule has 0 saturated heterocycles. The number of nitrogens with one attached hydrogen (secondary N) is 2. The number of pyridine rings is 1. The van der Waals surface area contributed by atoms with Crippen molar-refractivity contribution in [2.24, 2.45) is 0 Å². The zero-order chi connectivity index (χ0) is 15.1. The van der Waals surface area contributed by atoms with Gasteiger partial charge < -0.3 is 10.6 Å². The van der Waals surface area contributed by atoms with Gasteiger partial charge in [0.2, 0.25) is 0 Å². The minimum absolute atomic E-state index is 0.0647. The van der Waals surface area contributed by atoms with Gasteiger partial charge in [-0.25, -0.2) is 4.98 Å². The molecule has 1 aromatic carbocycles. The molecule has 0 aliphatic rings. The highest BCUT2D eigenvalue weighted by Gasteiger charge is 2.06. The number of anilines is 1. The van der Waals surface area contributed by atoms with Crippen LogP contribution in [0.15, 0.2) is 42.6 Å². The Hall–Kier alpha value is -2.36. The van der Waals surface area contributed by atoms with Crippen LogP contribution in [-0.4, -0.2) is 24.0 Å². The average Bonchev–Trinajstić information content (AvgIpc) is 2.50. The molecule has 1 amide bonds. The van der Waals surface area contributed by atoms with Crippen LogP contribution in [-0.2, 0) is 6.42 Å². The van der Waals surface area contributed by atoms with E-state index in [0.717, 1.165) is 18.8 Å². The van der Waals surface area contributed by atoms with E-state index in [-0.39, 0.29) is 5.91 Å². The third-order valence-electron chi connectivity index (χ3n) is 3.32. The molecule has 2 rings (SSSR count). The first-order chi connectivity index (χ1) is 10.2. The molecule has 0 spiro atoms. The number of aryl methyl sites for hydroxylation is 1. The Labute approximate surface area is 125 Å². The summed E-state index contributed by atoms with van der Waals surface area (Å²) in [6.07, 6.45) is 2.48. The Balaban J connectivity index is 1.90. The highest BCUT2D eigenvalue weighted by atomic mass is 16.1. The average molecular weight is 283 g/mol. The molecule has 110 valence electrons. The Morgan fingerprint density at radius 3 is 2.81 bits per heavy atom. The van der Waals surface area contributed by atoms with E-state index < -0.39 is 0 Å². The first kappa shape index (κ1) is 15.0. The van der Waals surface area contributed by atoms with Crippen molar-refractivity contribution in [1.29, 1.82) is 0 Å². The minimum atomic E-state index is -0.0647. The van der Waals surface area contributed by atoms with Crippen LogP contribution in [0.5, 0.6) is 0 Å². The largest absolute Gasteiger partial charge is 0.370 e. The summed E-state index contributed by atoms with van der Waals surface area (Å²) in [6.45, 7) is 5.49. The monoisotopic (exact) mass is 283 g/mol. The number of carbonyl (C=O) groups is 1. The van der Waals surface area contributed by atoms with Crippen LogP contribution in [0.25, 0.3) is 0 Å². The maximum Gasteiger partial charge on any atom is 0.251 e. The van der Waals surface area contributed by atoms with E-state index in [1.807, 2.05) is 19.1 Å². The molecule has 0 aliphatic carbocycles. The van der Waals surface area contributed by atoms with Gasteiger partial charge in [0.15, 0.2) is 0 Å². The summed E-state index contributed by atoms with van der Waals surface area (Å²) in [4.78, 5) is 16.3. The van der Waals surface area contributed by atoms with Crippen LogP contribution < -0.4 is 10.6 Å². The molecule has 0 aliphatic heterocycles. The van der Waals surface area contributed by atoms with Crippen LogP contribution in [0.4, 0.5) is 5.82 Å². The highest BCUT2D eigenvalue weighted by molar-refractivity contribution is 5.94. The number of carbonyl (C=O) groups excluding carboxylic acids is 1. The maximum atomic E-state index is 12.1. The van der Waals surface area contributed by atoms with Crippen LogP contribution in [0.3, 0.4) is 0 Å². The summed E-state index contributed by atoms with van der Waals surface area (Å²) in [5, 5.41) is 6.05. The van der Waals surface area contributed by atoms with E-state index in [1.54, 1.807) is 18.3 Å². The molecule has 4 heteroatoms. The Morgan fingerprint density at radius 1 is 1.24 bits per heavy atom. The number of nitrogens with zero attached hydrogens (tertiary/aromatic N) is 1. The molecule has 0 saturated carbocycles. The minimum Gasteiger partial charge on any atom is -0.370 e. The molecule has 1 aromatic heterocycles. The molecule has 2 aromatic rings. The predicted molar refractivity (Wildman–Crippen MR) is 85.6 cm³/mol. The first-order valence-corrected chi connectivity index (χ1v) is 7.23. The fraction of sp³-hybridized carbons (Fsp3) is 0.294. The number of benzene rings is 1. The van der Waals surface area contributed by atoms with Crippen molar-refractivity contribution in [2.45, 2.75) is 20.3 Å². The van der Waals surface area contributed by atoms with E-state index in [0.29, 0.717) is 12.1 Å². The lowest BCUT2D eigenvalue weighted by atomic mass is 10.1. The van der Waals surface area contributed by atoms with Gasteiger partial charge >= 0.3 is 0 Å². The third kappa shape index (κ3) is 4.31. The molecule has 21 heavy (non-hydrogen) atoms. The Bertz CT molecular complexity index is 610. The van der Waals surface area contributed by atoms with E-state index in [2.05, 4.69) is 34.7 Å². The molecule has 0 bridgehead atoms. The number of hydrogen-bond acceptors (Lipinski definition) is 3. The van der Waals surface area contributed by atoms with Gasteiger partial charge in [0.05, 0.1) is 0 Å². The third-order valence-corrected chi connectivity index (χ3v) is 3.32. The Kier molecular flexibility index (Phi) is 5.32. The second-order valence-corrected chi connectivity index (χ2v) is 4.89. The fourth-order valence-electron chi connectivity index (χ4n) is 2.15. The normalized spacial score (nSPS) is 10.2. The van der Waals surface area contributed by atoms with Crippen molar-refractivity contribution in [3.05, 3.63) is 59.3 Å². The van der Waals surface area contributed by atoms with E-state index in [4.69, 9.17) is 0 Å². The summed E-state index contributed by atoms with van der Waals surface area (Å²) < 4.78 is 0. The highest BCUT2D eigenvalue weighted by Crippen LogP contribution is 2.08. The number of amides is 1. The number of hydrogen-bond donors (Lipinski definition) is 2. The van der Waals surface area contributed by atoms with Crippen molar-refractivity contribution in [1.82, 2.24) is 10.3 Å². The van der Waals surface area contributed by atoms with Gasteiger partial charge in [0, 0.05) is 24.8 Å². The standard InChI is InChI=1S/C17H21N3O/c1-3-18-16-12-15(9-10-19-16)17(21)20-11-8-14-7-5-4-6-13(14)2/h4-7,9-10,12H,3,8,11H2,1-2H3,(H,18,19)(H,20,21). The van der Waals surface area contributed by atoms with Gasteiger partial charge in [-0.15, -0.1) is 0 Å².